The predicted molar refractivity (Wildman–Crippen MR) is 58.8 cm³/mol. The maximum atomic E-state index is 13.5. The standard InChI is InChI=1S/C11H10ClFN2O/c1-14-11(9-2-3-10(12)16-9)7-4-5-15-6-8(7)13/h2-6,11,14H,1H3. The molecule has 2 heterocycles. The fourth-order valence-corrected chi connectivity index (χ4v) is 1.71. The van der Waals surface area contributed by atoms with E-state index >= 15 is 0 Å². The molecule has 3 nitrogen and oxygen atoms in total. The maximum Gasteiger partial charge on any atom is 0.193 e. The summed E-state index contributed by atoms with van der Waals surface area (Å²) in [6.45, 7) is 0. The molecule has 2 rings (SSSR count). The highest BCUT2D eigenvalue weighted by Gasteiger charge is 2.19. The van der Waals surface area contributed by atoms with Gasteiger partial charge < -0.3 is 9.73 Å². The second-order valence-electron chi connectivity index (χ2n) is 3.26. The van der Waals surface area contributed by atoms with Crippen LogP contribution in [0, 0.1) is 5.82 Å². The normalized spacial score (nSPS) is 12.7. The number of nitrogens with zero attached hydrogens (tertiary/aromatic N) is 1. The van der Waals surface area contributed by atoms with Crippen molar-refractivity contribution in [2.24, 2.45) is 0 Å². The first-order valence-electron chi connectivity index (χ1n) is 4.74. The zero-order valence-corrected chi connectivity index (χ0v) is 9.33. The Balaban J connectivity index is 2.40. The van der Waals surface area contributed by atoms with E-state index in [-0.39, 0.29) is 17.1 Å². The Hall–Kier alpha value is -1.39. The Morgan fingerprint density at radius 3 is 2.81 bits per heavy atom. The number of pyridine rings is 1. The first-order chi connectivity index (χ1) is 7.72. The van der Waals surface area contributed by atoms with E-state index in [1.54, 1.807) is 25.2 Å². The van der Waals surface area contributed by atoms with Crippen molar-refractivity contribution in [3.8, 4) is 0 Å². The van der Waals surface area contributed by atoms with Crippen LogP contribution in [0.2, 0.25) is 5.22 Å². The van der Waals surface area contributed by atoms with E-state index in [4.69, 9.17) is 16.0 Å². The fraction of sp³-hybridized carbons (Fsp3) is 0.182. The summed E-state index contributed by atoms with van der Waals surface area (Å²) in [5, 5.41) is 3.25. The fourth-order valence-electron chi connectivity index (χ4n) is 1.55. The zero-order valence-electron chi connectivity index (χ0n) is 8.58. The van der Waals surface area contributed by atoms with Gasteiger partial charge in [-0.05, 0) is 36.8 Å². The molecule has 5 heteroatoms. The Bertz CT molecular complexity index is 486. The van der Waals surface area contributed by atoms with E-state index in [0.717, 1.165) is 0 Å². The van der Waals surface area contributed by atoms with Gasteiger partial charge in [0.1, 0.15) is 11.6 Å². The van der Waals surface area contributed by atoms with Gasteiger partial charge in [-0.2, -0.15) is 0 Å². The molecule has 84 valence electrons. The maximum absolute atomic E-state index is 13.5. The Morgan fingerprint density at radius 2 is 2.25 bits per heavy atom. The van der Waals surface area contributed by atoms with Gasteiger partial charge in [-0.3, -0.25) is 4.98 Å². The SMILES string of the molecule is CNC(c1ccc(Cl)o1)c1ccncc1F. The van der Waals surface area contributed by atoms with Crippen LogP contribution in [0.25, 0.3) is 0 Å². The molecular formula is C11H10ClFN2O. The predicted octanol–water partition coefficient (Wildman–Crippen LogP) is 2.78. The van der Waals surface area contributed by atoms with Gasteiger partial charge in [0, 0.05) is 11.8 Å². The molecule has 0 saturated carbocycles. The van der Waals surface area contributed by atoms with Crippen molar-refractivity contribution in [3.05, 3.63) is 53.0 Å². The number of halogens is 2. The summed E-state index contributed by atoms with van der Waals surface area (Å²) in [5.74, 6) is 0.187. The largest absolute Gasteiger partial charge is 0.448 e. The quantitative estimate of drug-likeness (QED) is 0.897. The highest BCUT2D eigenvalue weighted by molar-refractivity contribution is 6.28. The van der Waals surface area contributed by atoms with Gasteiger partial charge in [0.05, 0.1) is 12.2 Å². The monoisotopic (exact) mass is 240 g/mol. The van der Waals surface area contributed by atoms with Crippen LogP contribution in [0.3, 0.4) is 0 Å². The van der Waals surface area contributed by atoms with Crippen LogP contribution in [-0.4, -0.2) is 12.0 Å². The molecule has 16 heavy (non-hydrogen) atoms. The Kier molecular flexibility index (Phi) is 3.22. The third-order valence-corrected chi connectivity index (χ3v) is 2.49. The van der Waals surface area contributed by atoms with E-state index < -0.39 is 0 Å². The lowest BCUT2D eigenvalue weighted by Gasteiger charge is -2.14. The van der Waals surface area contributed by atoms with Gasteiger partial charge in [-0.25, -0.2) is 4.39 Å². The summed E-state index contributed by atoms with van der Waals surface area (Å²) in [7, 11) is 1.72. The van der Waals surface area contributed by atoms with Crippen LogP contribution in [-0.2, 0) is 0 Å². The molecule has 2 aromatic rings. The van der Waals surface area contributed by atoms with Crippen molar-refractivity contribution >= 4 is 11.6 Å². The minimum absolute atomic E-state index is 0.282. The summed E-state index contributed by atoms with van der Waals surface area (Å²) < 4.78 is 18.8. The highest BCUT2D eigenvalue weighted by atomic mass is 35.5. The zero-order chi connectivity index (χ0) is 11.5. The molecule has 0 saturated heterocycles. The minimum Gasteiger partial charge on any atom is -0.448 e. The van der Waals surface area contributed by atoms with E-state index in [9.17, 15) is 4.39 Å². The van der Waals surface area contributed by atoms with Crippen LogP contribution >= 0.6 is 11.6 Å². The molecule has 0 fully saturated rings. The molecular weight excluding hydrogens is 231 g/mol. The lowest BCUT2D eigenvalue weighted by atomic mass is 10.1. The van der Waals surface area contributed by atoms with Crippen LogP contribution in [0.1, 0.15) is 17.4 Å². The van der Waals surface area contributed by atoms with Crippen LogP contribution < -0.4 is 5.32 Å². The van der Waals surface area contributed by atoms with Gasteiger partial charge in [0.25, 0.3) is 0 Å². The van der Waals surface area contributed by atoms with Gasteiger partial charge in [0.2, 0.25) is 0 Å². The Labute approximate surface area is 97.3 Å². The first-order valence-corrected chi connectivity index (χ1v) is 5.12. The third-order valence-electron chi connectivity index (χ3n) is 2.28. The smallest absolute Gasteiger partial charge is 0.193 e. The second-order valence-corrected chi connectivity index (χ2v) is 3.63. The lowest BCUT2D eigenvalue weighted by molar-refractivity contribution is 0.453. The molecule has 1 N–H and O–H groups in total. The molecule has 0 aliphatic rings. The van der Waals surface area contributed by atoms with Crippen molar-refractivity contribution in [1.82, 2.24) is 10.3 Å². The van der Waals surface area contributed by atoms with E-state index in [1.165, 1.54) is 12.4 Å². The average Bonchev–Trinajstić information content (AvgIpc) is 2.69. The van der Waals surface area contributed by atoms with E-state index in [0.29, 0.717) is 11.3 Å². The van der Waals surface area contributed by atoms with E-state index in [1.807, 2.05) is 0 Å². The summed E-state index contributed by atoms with van der Waals surface area (Å²) >= 11 is 5.69. The number of rotatable bonds is 3. The molecule has 1 unspecified atom stereocenters. The molecule has 0 radical (unpaired) electrons. The molecule has 0 aromatic carbocycles. The van der Waals surface area contributed by atoms with Crippen molar-refractivity contribution in [1.29, 1.82) is 0 Å². The molecule has 0 aliphatic heterocycles. The average molecular weight is 241 g/mol. The van der Waals surface area contributed by atoms with Gasteiger partial charge in [-0.15, -0.1) is 0 Å². The van der Waals surface area contributed by atoms with Crippen molar-refractivity contribution in [2.75, 3.05) is 7.05 Å². The number of furan rings is 1. The van der Waals surface area contributed by atoms with Crippen molar-refractivity contribution < 1.29 is 8.81 Å². The third kappa shape index (κ3) is 2.08. The van der Waals surface area contributed by atoms with Gasteiger partial charge in [0.15, 0.2) is 5.22 Å². The number of nitrogens with one attached hydrogen (secondary N) is 1. The van der Waals surface area contributed by atoms with Crippen molar-refractivity contribution in [2.45, 2.75) is 6.04 Å². The molecule has 0 bridgehead atoms. The summed E-state index contributed by atoms with van der Waals surface area (Å²) in [6.07, 6.45) is 2.71. The Morgan fingerprint density at radius 1 is 1.44 bits per heavy atom. The topological polar surface area (TPSA) is 38.1 Å². The second kappa shape index (κ2) is 4.63. The highest BCUT2D eigenvalue weighted by Crippen LogP contribution is 2.26. The van der Waals surface area contributed by atoms with Crippen LogP contribution in [0.5, 0.6) is 0 Å². The van der Waals surface area contributed by atoms with E-state index in [2.05, 4.69) is 10.3 Å². The van der Waals surface area contributed by atoms with Crippen LogP contribution in [0.15, 0.2) is 35.0 Å². The molecule has 0 amide bonds. The molecule has 1 atom stereocenters. The molecule has 0 aliphatic carbocycles. The first kappa shape index (κ1) is 11.1. The lowest BCUT2D eigenvalue weighted by Crippen LogP contribution is -2.18. The van der Waals surface area contributed by atoms with Gasteiger partial charge >= 0.3 is 0 Å². The summed E-state index contributed by atoms with van der Waals surface area (Å²) in [6, 6.07) is 4.58. The molecule has 2 aromatic heterocycles. The number of aromatic nitrogens is 1. The van der Waals surface area contributed by atoms with Crippen molar-refractivity contribution in [3.63, 3.8) is 0 Å². The number of hydrogen-bond acceptors (Lipinski definition) is 3. The number of hydrogen-bond donors (Lipinski definition) is 1. The minimum atomic E-state index is -0.380. The van der Waals surface area contributed by atoms with Crippen LogP contribution in [0.4, 0.5) is 4.39 Å². The van der Waals surface area contributed by atoms with Gasteiger partial charge in [-0.1, -0.05) is 0 Å². The molecule has 0 spiro atoms. The summed E-state index contributed by atoms with van der Waals surface area (Å²) in [4.78, 5) is 3.70. The summed E-state index contributed by atoms with van der Waals surface area (Å²) in [5.41, 5.74) is 0.475.